The molecular weight excluding hydrogens is 814 g/mol. The minimum atomic E-state index is -1.07. The van der Waals surface area contributed by atoms with Crippen molar-refractivity contribution < 1.29 is 24.1 Å². The highest BCUT2D eigenvalue weighted by molar-refractivity contribution is 9.15. The maximum absolute atomic E-state index is 13.7. The van der Waals surface area contributed by atoms with Crippen LogP contribution in [0.5, 0.6) is 0 Å². The van der Waals surface area contributed by atoms with Gasteiger partial charge < -0.3 is 0 Å². The van der Waals surface area contributed by atoms with Gasteiger partial charge in [0.25, 0.3) is 23.4 Å². The Morgan fingerprint density at radius 3 is 1.84 bits per heavy atom. The number of nitro benzene ring substituents is 1. The van der Waals surface area contributed by atoms with Crippen molar-refractivity contribution in [1.29, 1.82) is 0 Å². The van der Waals surface area contributed by atoms with Crippen molar-refractivity contribution in [3.05, 3.63) is 103 Å². The average Bonchev–Trinajstić information content (AvgIpc) is 3.14. The second-order valence-electron chi connectivity index (χ2n) is 7.50. The van der Waals surface area contributed by atoms with Gasteiger partial charge >= 0.3 is 0 Å². The lowest BCUT2D eigenvalue weighted by Crippen LogP contribution is -2.51. The van der Waals surface area contributed by atoms with E-state index in [4.69, 9.17) is 0 Å². The highest BCUT2D eigenvalue weighted by Crippen LogP contribution is 2.45. The third kappa shape index (κ3) is 4.97. The largest absolute Gasteiger partial charge is 0.292 e. The molecule has 0 aliphatic carbocycles. The standard InChI is InChI=1S/C23H10Br5N3O6/c24-11-7-5-10(6-8-11)14(32)9-29(21(33)12-3-1-2-4-13(12)31(36)37)30-22(34)15-16(23(30)35)18(26)20(28)19(27)17(15)25/h1-8H,9H2. The minimum absolute atomic E-state index is 0.0524. The van der Waals surface area contributed by atoms with Gasteiger partial charge in [-0.1, -0.05) is 40.2 Å². The lowest BCUT2D eigenvalue weighted by molar-refractivity contribution is -0.385. The van der Waals surface area contributed by atoms with Gasteiger partial charge in [-0.3, -0.25) is 29.3 Å². The van der Waals surface area contributed by atoms with Crippen molar-refractivity contribution in [2.24, 2.45) is 0 Å². The van der Waals surface area contributed by atoms with Crippen LogP contribution in [-0.4, -0.2) is 45.0 Å². The normalized spacial score (nSPS) is 12.5. The van der Waals surface area contributed by atoms with E-state index in [-0.39, 0.29) is 25.6 Å². The Hall–Kier alpha value is -2.26. The predicted molar refractivity (Wildman–Crippen MR) is 150 cm³/mol. The van der Waals surface area contributed by atoms with E-state index in [1.807, 2.05) is 0 Å². The number of hydrazine groups is 1. The van der Waals surface area contributed by atoms with Crippen molar-refractivity contribution in [2.75, 3.05) is 6.54 Å². The van der Waals surface area contributed by atoms with E-state index < -0.39 is 46.2 Å². The van der Waals surface area contributed by atoms with Crippen molar-refractivity contribution in [3.63, 3.8) is 0 Å². The molecular formula is C23H10Br5N3O6. The number of hydrogen-bond acceptors (Lipinski definition) is 6. The topological polar surface area (TPSA) is 118 Å². The summed E-state index contributed by atoms with van der Waals surface area (Å²) in [5, 5.41) is 12.8. The summed E-state index contributed by atoms with van der Waals surface area (Å²) >= 11 is 16.6. The van der Waals surface area contributed by atoms with Gasteiger partial charge in [0, 0.05) is 34.0 Å². The fourth-order valence-corrected chi connectivity index (χ4v) is 6.33. The van der Waals surface area contributed by atoms with Gasteiger partial charge in [-0.25, -0.2) is 5.01 Å². The van der Waals surface area contributed by atoms with E-state index in [9.17, 15) is 29.3 Å². The second kappa shape index (κ2) is 10.8. The number of imide groups is 1. The highest BCUT2D eigenvalue weighted by Gasteiger charge is 2.46. The van der Waals surface area contributed by atoms with Crippen LogP contribution in [0.15, 0.2) is 70.9 Å². The van der Waals surface area contributed by atoms with Crippen LogP contribution in [0.4, 0.5) is 5.69 Å². The number of fused-ring (bicyclic) bond motifs is 1. The lowest BCUT2D eigenvalue weighted by atomic mass is 10.1. The zero-order valence-corrected chi connectivity index (χ0v) is 25.9. The number of halogens is 5. The van der Waals surface area contributed by atoms with Gasteiger partial charge in [0.2, 0.25) is 0 Å². The molecule has 0 unspecified atom stereocenters. The summed E-state index contributed by atoms with van der Waals surface area (Å²) in [6, 6.07) is 11.3. The molecule has 0 saturated carbocycles. The third-order valence-electron chi connectivity index (χ3n) is 5.35. The first-order valence-electron chi connectivity index (χ1n) is 10.0. The first-order chi connectivity index (χ1) is 17.5. The van der Waals surface area contributed by atoms with Crippen LogP contribution >= 0.6 is 79.6 Å². The summed E-state index contributed by atoms with van der Waals surface area (Å²) in [5.74, 6) is -3.46. The number of Topliss-reactive ketones (excluding diaryl/α,β-unsaturated/α-hetero) is 1. The molecule has 9 nitrogen and oxygen atoms in total. The third-order valence-corrected chi connectivity index (χ3v) is 10.6. The molecule has 0 atom stereocenters. The Morgan fingerprint density at radius 1 is 0.811 bits per heavy atom. The van der Waals surface area contributed by atoms with Crippen LogP contribution in [0.3, 0.4) is 0 Å². The Bertz CT molecular complexity index is 1480. The van der Waals surface area contributed by atoms with Crippen molar-refractivity contribution >= 4 is 109 Å². The van der Waals surface area contributed by atoms with E-state index in [0.29, 0.717) is 23.4 Å². The SMILES string of the molecule is O=C(CN(C(=O)c1ccccc1[N+](=O)[O-])N1C(=O)c2c(Br)c(Br)c(Br)c(Br)c2C1=O)c1ccc(Br)cc1. The monoisotopic (exact) mass is 819 g/mol. The Kier molecular flexibility index (Phi) is 8.14. The number of amides is 3. The fraction of sp³-hybridized carbons (Fsp3) is 0.0435. The summed E-state index contributed by atoms with van der Waals surface area (Å²) in [7, 11) is 0. The maximum Gasteiger partial charge on any atom is 0.282 e. The van der Waals surface area contributed by atoms with E-state index in [1.165, 1.54) is 30.3 Å². The van der Waals surface area contributed by atoms with Crippen molar-refractivity contribution in [2.45, 2.75) is 0 Å². The zero-order valence-electron chi connectivity index (χ0n) is 18.0. The molecule has 188 valence electrons. The molecule has 0 radical (unpaired) electrons. The molecule has 0 spiro atoms. The number of rotatable bonds is 6. The van der Waals surface area contributed by atoms with Gasteiger partial charge in [-0.05, 0) is 81.9 Å². The number of nitrogens with zero attached hydrogens (tertiary/aromatic N) is 3. The minimum Gasteiger partial charge on any atom is -0.292 e. The Balaban J connectivity index is 1.86. The molecule has 0 N–H and O–H groups in total. The molecule has 4 rings (SSSR count). The molecule has 1 aliphatic rings. The Labute approximate surface area is 250 Å². The van der Waals surface area contributed by atoms with E-state index in [0.717, 1.165) is 6.07 Å². The van der Waals surface area contributed by atoms with E-state index in [1.54, 1.807) is 12.1 Å². The van der Waals surface area contributed by atoms with Gasteiger partial charge in [-0.15, -0.1) is 0 Å². The first-order valence-corrected chi connectivity index (χ1v) is 14.0. The van der Waals surface area contributed by atoms with Gasteiger partial charge in [0.05, 0.1) is 16.1 Å². The quantitative estimate of drug-likeness (QED) is 0.0664. The van der Waals surface area contributed by atoms with E-state index >= 15 is 0 Å². The molecule has 1 aliphatic heterocycles. The molecule has 0 saturated heterocycles. The van der Waals surface area contributed by atoms with Crippen LogP contribution in [-0.2, 0) is 0 Å². The number of para-hydroxylation sites is 1. The number of hydrogen-bond donors (Lipinski definition) is 0. The molecule has 37 heavy (non-hydrogen) atoms. The fourth-order valence-electron chi connectivity index (χ4n) is 3.61. The highest BCUT2D eigenvalue weighted by atomic mass is 79.9. The van der Waals surface area contributed by atoms with Crippen LogP contribution in [0.25, 0.3) is 0 Å². The molecule has 3 amide bonds. The molecule has 1 heterocycles. The Morgan fingerprint density at radius 2 is 1.32 bits per heavy atom. The second-order valence-corrected chi connectivity index (χ2v) is 11.6. The van der Waals surface area contributed by atoms with Crippen LogP contribution < -0.4 is 0 Å². The van der Waals surface area contributed by atoms with Gasteiger partial charge in [-0.2, -0.15) is 5.01 Å². The van der Waals surface area contributed by atoms with Crippen LogP contribution in [0, 0.1) is 10.1 Å². The molecule has 0 aromatic heterocycles. The molecule has 3 aromatic carbocycles. The lowest BCUT2D eigenvalue weighted by Gasteiger charge is -2.29. The predicted octanol–water partition coefficient (Wildman–Crippen LogP) is 6.94. The maximum atomic E-state index is 13.7. The summed E-state index contributed by atoms with van der Waals surface area (Å²) in [6.45, 7) is -0.741. The van der Waals surface area contributed by atoms with Crippen LogP contribution in [0.1, 0.15) is 41.4 Å². The molecule has 14 heteroatoms. The number of ketones is 1. The van der Waals surface area contributed by atoms with Crippen molar-refractivity contribution in [1.82, 2.24) is 10.0 Å². The average molecular weight is 824 g/mol. The number of carbonyl (C=O) groups is 4. The van der Waals surface area contributed by atoms with Gasteiger partial charge in [0.15, 0.2) is 5.78 Å². The summed E-state index contributed by atoms with van der Waals surface area (Å²) in [6.07, 6.45) is 0. The number of benzene rings is 3. The summed E-state index contributed by atoms with van der Waals surface area (Å²) in [5.41, 5.74) is -0.842. The first kappa shape index (κ1) is 27.8. The number of carbonyl (C=O) groups excluding carboxylic acids is 4. The van der Waals surface area contributed by atoms with Gasteiger partial charge in [0.1, 0.15) is 12.1 Å². The van der Waals surface area contributed by atoms with Crippen molar-refractivity contribution in [3.8, 4) is 0 Å². The zero-order chi connectivity index (χ0) is 27.2. The van der Waals surface area contributed by atoms with Crippen LogP contribution in [0.2, 0.25) is 0 Å². The number of nitro groups is 1. The van der Waals surface area contributed by atoms with E-state index in [2.05, 4.69) is 79.6 Å². The molecule has 0 bridgehead atoms. The smallest absolute Gasteiger partial charge is 0.282 e. The summed E-state index contributed by atoms with van der Waals surface area (Å²) < 4.78 is 2.07. The molecule has 0 fully saturated rings. The molecule has 3 aromatic rings. The summed E-state index contributed by atoms with van der Waals surface area (Å²) in [4.78, 5) is 64.9.